The third kappa shape index (κ3) is 1.58. The average Bonchev–Trinajstić information content (AvgIpc) is 2.97. The molecule has 1 fully saturated rings. The predicted octanol–water partition coefficient (Wildman–Crippen LogP) is 2.73. The van der Waals surface area contributed by atoms with E-state index in [4.69, 9.17) is 4.74 Å². The first-order chi connectivity index (χ1) is 8.76. The van der Waals surface area contributed by atoms with Gasteiger partial charge in [-0.2, -0.15) is 0 Å². The van der Waals surface area contributed by atoms with Crippen molar-refractivity contribution in [2.75, 3.05) is 7.11 Å². The van der Waals surface area contributed by atoms with Crippen molar-refractivity contribution in [3.8, 4) is 10.7 Å². The average molecular weight is 262 g/mol. The number of methoxy groups -OCH3 is 1. The minimum Gasteiger partial charge on any atom is -0.468 e. The van der Waals surface area contributed by atoms with Crippen LogP contribution in [0.1, 0.15) is 25.0 Å². The summed E-state index contributed by atoms with van der Waals surface area (Å²) in [5.74, 6) is -0.155. The number of hydrogen-bond acceptors (Lipinski definition) is 4. The Bertz CT molecular complexity index is 555. The molecule has 2 aromatic heterocycles. The lowest BCUT2D eigenvalue weighted by Crippen LogP contribution is -2.43. The van der Waals surface area contributed by atoms with E-state index in [0.29, 0.717) is 0 Å². The second-order valence-electron chi connectivity index (χ2n) is 4.55. The first-order valence-electron chi connectivity index (χ1n) is 5.94. The van der Waals surface area contributed by atoms with Gasteiger partial charge in [0.1, 0.15) is 10.4 Å². The van der Waals surface area contributed by atoms with Crippen molar-refractivity contribution in [2.24, 2.45) is 0 Å². The largest absolute Gasteiger partial charge is 0.468 e. The lowest BCUT2D eigenvalue weighted by molar-refractivity contribution is -0.151. The van der Waals surface area contributed by atoms with Crippen molar-refractivity contribution in [1.82, 2.24) is 9.97 Å². The van der Waals surface area contributed by atoms with E-state index in [1.807, 2.05) is 23.7 Å². The van der Waals surface area contributed by atoms with E-state index in [9.17, 15) is 4.79 Å². The fourth-order valence-electron chi connectivity index (χ4n) is 2.37. The molecule has 0 bridgehead atoms. The van der Waals surface area contributed by atoms with Crippen LogP contribution in [0.2, 0.25) is 0 Å². The van der Waals surface area contributed by atoms with Crippen molar-refractivity contribution >= 4 is 17.3 Å². The Morgan fingerprint density at radius 2 is 2.39 bits per heavy atom. The Kier molecular flexibility index (Phi) is 2.70. The van der Waals surface area contributed by atoms with Gasteiger partial charge in [0, 0.05) is 11.6 Å². The highest BCUT2D eigenvalue weighted by Gasteiger charge is 2.48. The molecule has 1 saturated carbocycles. The summed E-state index contributed by atoms with van der Waals surface area (Å²) in [5.41, 5.74) is 1.36. The van der Waals surface area contributed by atoms with E-state index in [1.54, 1.807) is 11.3 Å². The van der Waals surface area contributed by atoms with E-state index in [-0.39, 0.29) is 5.97 Å². The smallest absolute Gasteiger partial charge is 0.317 e. The number of esters is 1. The molecule has 0 aromatic carbocycles. The monoisotopic (exact) mass is 262 g/mol. The first-order valence-corrected chi connectivity index (χ1v) is 6.82. The molecule has 2 heterocycles. The van der Waals surface area contributed by atoms with Gasteiger partial charge in [-0.25, -0.2) is 4.98 Å². The zero-order valence-electron chi connectivity index (χ0n) is 10.1. The molecule has 0 atom stereocenters. The number of H-pyrrole nitrogens is 1. The van der Waals surface area contributed by atoms with E-state index in [2.05, 4.69) is 9.97 Å². The number of nitrogens with one attached hydrogen (secondary N) is 1. The lowest BCUT2D eigenvalue weighted by Gasteiger charge is -2.37. The number of hydrogen-bond donors (Lipinski definition) is 1. The standard InChI is InChI=1S/C13H14N2O2S/c1-17-12(16)13(5-3-6-13)10-8-18-11(15-10)9-4-2-7-14-9/h2,4,7-8,14H,3,5-6H2,1H3. The van der Waals surface area contributed by atoms with Gasteiger partial charge in [0.15, 0.2) is 0 Å². The van der Waals surface area contributed by atoms with Gasteiger partial charge in [0.2, 0.25) is 0 Å². The topological polar surface area (TPSA) is 55.0 Å². The number of carbonyl (C=O) groups is 1. The second kappa shape index (κ2) is 4.24. The van der Waals surface area contributed by atoms with E-state index >= 15 is 0 Å². The fraction of sp³-hybridized carbons (Fsp3) is 0.385. The zero-order valence-corrected chi connectivity index (χ0v) is 10.9. The van der Waals surface area contributed by atoms with Crippen molar-refractivity contribution in [3.05, 3.63) is 29.4 Å². The molecule has 3 rings (SSSR count). The van der Waals surface area contributed by atoms with Crippen LogP contribution >= 0.6 is 11.3 Å². The quantitative estimate of drug-likeness (QED) is 0.865. The van der Waals surface area contributed by atoms with Crippen molar-refractivity contribution in [1.29, 1.82) is 0 Å². The number of ether oxygens (including phenoxy) is 1. The molecule has 0 saturated heterocycles. The summed E-state index contributed by atoms with van der Waals surface area (Å²) in [6.45, 7) is 0. The molecule has 1 N–H and O–H groups in total. The third-order valence-electron chi connectivity index (χ3n) is 3.61. The van der Waals surface area contributed by atoms with Crippen LogP contribution in [0.5, 0.6) is 0 Å². The molecule has 0 aliphatic heterocycles. The molecule has 1 aliphatic rings. The summed E-state index contributed by atoms with van der Waals surface area (Å²) in [6, 6.07) is 3.92. The third-order valence-corrected chi connectivity index (χ3v) is 4.48. The molecule has 0 amide bonds. The Hall–Kier alpha value is -1.62. The van der Waals surface area contributed by atoms with E-state index in [1.165, 1.54) is 7.11 Å². The lowest BCUT2D eigenvalue weighted by atomic mass is 9.67. The van der Waals surface area contributed by atoms with Crippen LogP contribution in [-0.2, 0) is 14.9 Å². The number of carbonyl (C=O) groups excluding carboxylic acids is 1. The number of aromatic amines is 1. The molecule has 0 unspecified atom stereocenters. The maximum absolute atomic E-state index is 11.9. The molecular formula is C13H14N2O2S. The van der Waals surface area contributed by atoms with Gasteiger partial charge < -0.3 is 9.72 Å². The van der Waals surface area contributed by atoms with E-state index in [0.717, 1.165) is 35.7 Å². The zero-order chi connectivity index (χ0) is 12.6. The summed E-state index contributed by atoms with van der Waals surface area (Å²) >= 11 is 1.56. The van der Waals surface area contributed by atoms with Gasteiger partial charge in [0.05, 0.1) is 18.5 Å². The van der Waals surface area contributed by atoms with Crippen LogP contribution in [0.3, 0.4) is 0 Å². The van der Waals surface area contributed by atoms with Gasteiger partial charge >= 0.3 is 5.97 Å². The number of thiazole rings is 1. The molecule has 18 heavy (non-hydrogen) atoms. The molecule has 0 radical (unpaired) electrons. The van der Waals surface area contributed by atoms with Gasteiger partial charge in [-0.05, 0) is 25.0 Å². The van der Waals surface area contributed by atoms with Crippen molar-refractivity contribution in [2.45, 2.75) is 24.7 Å². The SMILES string of the molecule is COC(=O)C1(c2csc(-c3ccc[nH]3)n2)CCC1. The summed E-state index contributed by atoms with van der Waals surface area (Å²) < 4.78 is 4.93. The Balaban J connectivity index is 1.95. The molecule has 2 aromatic rings. The summed E-state index contributed by atoms with van der Waals surface area (Å²) in [4.78, 5) is 19.7. The van der Waals surface area contributed by atoms with Crippen LogP contribution in [0, 0.1) is 0 Å². The Labute approximate surface area is 109 Å². The van der Waals surface area contributed by atoms with Gasteiger partial charge in [-0.15, -0.1) is 11.3 Å². The summed E-state index contributed by atoms with van der Waals surface area (Å²) in [5, 5.41) is 2.90. The Morgan fingerprint density at radius 3 is 2.94 bits per heavy atom. The molecule has 94 valence electrons. The predicted molar refractivity (Wildman–Crippen MR) is 69.4 cm³/mol. The highest BCUT2D eigenvalue weighted by molar-refractivity contribution is 7.13. The second-order valence-corrected chi connectivity index (χ2v) is 5.41. The van der Waals surface area contributed by atoms with Crippen LogP contribution in [0.15, 0.2) is 23.7 Å². The van der Waals surface area contributed by atoms with Crippen LogP contribution in [0.4, 0.5) is 0 Å². The van der Waals surface area contributed by atoms with E-state index < -0.39 is 5.41 Å². The number of aromatic nitrogens is 2. The first kappa shape index (κ1) is 11.5. The number of rotatable bonds is 3. The summed E-state index contributed by atoms with van der Waals surface area (Å²) in [6.07, 6.45) is 4.61. The minimum absolute atomic E-state index is 0.155. The van der Waals surface area contributed by atoms with Crippen LogP contribution in [-0.4, -0.2) is 23.0 Å². The molecule has 0 spiro atoms. The van der Waals surface area contributed by atoms with Gasteiger partial charge in [-0.3, -0.25) is 4.79 Å². The fourth-order valence-corrected chi connectivity index (χ4v) is 3.28. The maximum atomic E-state index is 11.9. The molecular weight excluding hydrogens is 248 g/mol. The van der Waals surface area contributed by atoms with Crippen LogP contribution < -0.4 is 0 Å². The Morgan fingerprint density at radius 1 is 1.56 bits per heavy atom. The van der Waals surface area contributed by atoms with Gasteiger partial charge in [-0.1, -0.05) is 6.42 Å². The minimum atomic E-state index is -0.490. The highest BCUT2D eigenvalue weighted by Crippen LogP contribution is 2.45. The van der Waals surface area contributed by atoms with Gasteiger partial charge in [0.25, 0.3) is 0 Å². The maximum Gasteiger partial charge on any atom is 0.317 e. The number of nitrogens with zero attached hydrogens (tertiary/aromatic N) is 1. The van der Waals surface area contributed by atoms with Crippen LogP contribution in [0.25, 0.3) is 10.7 Å². The van der Waals surface area contributed by atoms with Crippen molar-refractivity contribution in [3.63, 3.8) is 0 Å². The normalized spacial score (nSPS) is 17.2. The summed E-state index contributed by atoms with van der Waals surface area (Å²) in [7, 11) is 1.45. The van der Waals surface area contributed by atoms with Crippen molar-refractivity contribution < 1.29 is 9.53 Å². The molecule has 1 aliphatic carbocycles. The molecule has 5 heteroatoms. The highest BCUT2D eigenvalue weighted by atomic mass is 32.1. The molecule has 4 nitrogen and oxygen atoms in total.